The molecule has 1 aromatic carbocycles. The molecule has 0 heterocycles. The van der Waals surface area contributed by atoms with Crippen LogP contribution in [0.4, 0.5) is 5.69 Å². The van der Waals surface area contributed by atoms with Crippen LogP contribution in [0.1, 0.15) is 26.7 Å². The van der Waals surface area contributed by atoms with Crippen molar-refractivity contribution in [3.8, 4) is 0 Å². The number of anilines is 1. The number of amides is 1. The van der Waals surface area contributed by atoms with E-state index in [0.717, 1.165) is 12.8 Å². The predicted molar refractivity (Wildman–Crippen MR) is 79.6 cm³/mol. The van der Waals surface area contributed by atoms with Gasteiger partial charge in [-0.15, -0.1) is 0 Å². The number of benzene rings is 1. The fourth-order valence-electron chi connectivity index (χ4n) is 1.60. The zero-order valence-corrected chi connectivity index (χ0v) is 12.1. The first-order valence-corrected chi connectivity index (χ1v) is 8.16. The van der Waals surface area contributed by atoms with E-state index >= 15 is 0 Å². The Bertz CT molecular complexity index is 575. The van der Waals surface area contributed by atoms with Crippen LogP contribution in [0.5, 0.6) is 0 Å². The Morgan fingerprint density at radius 1 is 1.42 bits per heavy atom. The topological polar surface area (TPSA) is 58.2 Å². The van der Waals surface area contributed by atoms with E-state index < -0.39 is 9.71 Å². The Hall–Kier alpha value is -1.33. The van der Waals surface area contributed by atoms with Crippen molar-refractivity contribution < 1.29 is 9.00 Å². The van der Waals surface area contributed by atoms with Crippen LogP contribution in [-0.4, -0.2) is 22.0 Å². The fourth-order valence-corrected chi connectivity index (χ4v) is 3.13. The van der Waals surface area contributed by atoms with Gasteiger partial charge in [-0.05, 0) is 36.9 Å². The lowest BCUT2D eigenvalue weighted by atomic mass is 10.2. The van der Waals surface area contributed by atoms with Crippen LogP contribution in [0.25, 0.3) is 0 Å². The summed E-state index contributed by atoms with van der Waals surface area (Å²) in [4.78, 5) is 12.3. The Morgan fingerprint density at radius 2 is 2.11 bits per heavy atom. The highest BCUT2D eigenvalue weighted by Gasteiger charge is 2.25. The molecule has 1 amide bonds. The third-order valence-electron chi connectivity index (χ3n) is 2.94. The first-order chi connectivity index (χ1) is 8.88. The number of carbonyl (C=O) groups excluding carboxylic acids is 1. The lowest BCUT2D eigenvalue weighted by Crippen LogP contribution is -2.25. The van der Waals surface area contributed by atoms with Crippen molar-refractivity contribution in [1.29, 1.82) is 0 Å². The van der Waals surface area contributed by atoms with Gasteiger partial charge in [0.05, 0.1) is 9.71 Å². The van der Waals surface area contributed by atoms with Crippen LogP contribution in [-0.2, 0) is 14.5 Å². The number of carbonyl (C=O) groups is 1. The van der Waals surface area contributed by atoms with Gasteiger partial charge in [0.2, 0.25) is 5.91 Å². The van der Waals surface area contributed by atoms with Crippen LogP contribution >= 0.6 is 0 Å². The van der Waals surface area contributed by atoms with Gasteiger partial charge in [0.15, 0.2) is 0 Å². The summed E-state index contributed by atoms with van der Waals surface area (Å²) in [5, 5.41) is 2.80. The Labute approximate surface area is 114 Å². The molecule has 1 fully saturated rings. The standard InChI is InChI=1S/C14H20N2O2S/c1-10(2)14(17)15-12-5-4-6-13(9-12)19(3,18)16-11-7-8-11/h4-6,9-11H,3,7-8H2,1-2H3,(H,15,17)(H,16,18). The highest BCUT2D eigenvalue weighted by Crippen LogP contribution is 2.23. The van der Waals surface area contributed by atoms with Crippen molar-refractivity contribution in [2.75, 3.05) is 5.32 Å². The molecule has 19 heavy (non-hydrogen) atoms. The maximum absolute atomic E-state index is 12.5. The summed E-state index contributed by atoms with van der Waals surface area (Å²) < 4.78 is 15.5. The van der Waals surface area contributed by atoms with Gasteiger partial charge < -0.3 is 5.32 Å². The molecule has 5 heteroatoms. The van der Waals surface area contributed by atoms with Crippen molar-refractivity contribution in [3.63, 3.8) is 0 Å². The normalized spacial score (nSPS) is 18.1. The van der Waals surface area contributed by atoms with Gasteiger partial charge in [-0.25, -0.2) is 8.93 Å². The first kappa shape index (κ1) is 14.1. The van der Waals surface area contributed by atoms with Crippen molar-refractivity contribution in [3.05, 3.63) is 24.3 Å². The second-order valence-electron chi connectivity index (χ2n) is 5.24. The van der Waals surface area contributed by atoms with Crippen LogP contribution in [0.2, 0.25) is 0 Å². The molecule has 1 aromatic rings. The van der Waals surface area contributed by atoms with Gasteiger partial charge in [0.25, 0.3) is 0 Å². The molecule has 2 N–H and O–H groups in total. The minimum Gasteiger partial charge on any atom is -0.326 e. The highest BCUT2D eigenvalue weighted by atomic mass is 32.2. The summed E-state index contributed by atoms with van der Waals surface area (Å²) in [5.41, 5.74) is 0.658. The third kappa shape index (κ3) is 3.81. The molecule has 0 aromatic heterocycles. The van der Waals surface area contributed by atoms with Gasteiger partial charge in [-0.1, -0.05) is 19.9 Å². The molecule has 0 bridgehead atoms. The van der Waals surface area contributed by atoms with E-state index in [4.69, 9.17) is 0 Å². The summed E-state index contributed by atoms with van der Waals surface area (Å²) in [7, 11) is -2.48. The lowest BCUT2D eigenvalue weighted by Gasteiger charge is -2.13. The summed E-state index contributed by atoms with van der Waals surface area (Å²) in [6.07, 6.45) is 2.10. The fraction of sp³-hybridized carbons (Fsp3) is 0.429. The van der Waals surface area contributed by atoms with E-state index in [2.05, 4.69) is 15.9 Å². The monoisotopic (exact) mass is 280 g/mol. The zero-order valence-electron chi connectivity index (χ0n) is 11.3. The van der Waals surface area contributed by atoms with Gasteiger partial charge in [0, 0.05) is 22.5 Å². The first-order valence-electron chi connectivity index (χ1n) is 6.44. The van der Waals surface area contributed by atoms with Crippen molar-refractivity contribution in [2.45, 2.75) is 37.6 Å². The molecule has 1 unspecified atom stereocenters. The van der Waals surface area contributed by atoms with E-state index in [0.29, 0.717) is 16.6 Å². The molecule has 0 spiro atoms. The molecule has 1 aliphatic rings. The molecule has 0 saturated heterocycles. The third-order valence-corrected chi connectivity index (χ3v) is 4.67. The minimum absolute atomic E-state index is 0.0529. The summed E-state index contributed by atoms with van der Waals surface area (Å²) in [5.74, 6) is 3.64. The van der Waals surface area contributed by atoms with Crippen molar-refractivity contribution in [1.82, 2.24) is 4.72 Å². The van der Waals surface area contributed by atoms with Gasteiger partial charge in [-0.3, -0.25) is 4.79 Å². The Kier molecular flexibility index (Phi) is 3.96. The number of rotatable bonds is 5. The molecule has 0 aliphatic heterocycles. The largest absolute Gasteiger partial charge is 0.326 e. The van der Waals surface area contributed by atoms with E-state index in [1.54, 1.807) is 24.3 Å². The number of nitrogens with one attached hydrogen (secondary N) is 2. The molecule has 1 aliphatic carbocycles. The van der Waals surface area contributed by atoms with Gasteiger partial charge in [-0.2, -0.15) is 0 Å². The van der Waals surface area contributed by atoms with E-state index in [1.807, 2.05) is 13.8 Å². The molecule has 4 nitrogen and oxygen atoms in total. The summed E-state index contributed by atoms with van der Waals surface area (Å²) in [6, 6.07) is 7.39. The Morgan fingerprint density at radius 3 is 2.68 bits per heavy atom. The van der Waals surface area contributed by atoms with Crippen LogP contribution in [0, 0.1) is 5.92 Å². The number of hydrogen-bond acceptors (Lipinski definition) is 2. The molecular weight excluding hydrogens is 260 g/mol. The molecule has 104 valence electrons. The maximum Gasteiger partial charge on any atom is 0.226 e. The van der Waals surface area contributed by atoms with E-state index in [9.17, 15) is 9.00 Å². The highest BCUT2D eigenvalue weighted by molar-refractivity contribution is 7.98. The summed E-state index contributed by atoms with van der Waals surface area (Å²) >= 11 is 0. The zero-order chi connectivity index (χ0) is 14.0. The Balaban J connectivity index is 2.16. The molecular formula is C14H20N2O2S. The second kappa shape index (κ2) is 5.35. The SMILES string of the molecule is C=S(=O)(NC1CC1)c1cccc(NC(=O)C(C)C)c1. The van der Waals surface area contributed by atoms with Crippen LogP contribution in [0.15, 0.2) is 29.2 Å². The van der Waals surface area contributed by atoms with Gasteiger partial charge in [0.1, 0.15) is 0 Å². The average molecular weight is 280 g/mol. The van der Waals surface area contributed by atoms with Crippen LogP contribution < -0.4 is 10.0 Å². The van der Waals surface area contributed by atoms with Crippen molar-refractivity contribution in [2.24, 2.45) is 5.92 Å². The predicted octanol–water partition coefficient (Wildman–Crippen LogP) is 2.02. The lowest BCUT2D eigenvalue weighted by molar-refractivity contribution is -0.118. The minimum atomic E-state index is -2.48. The van der Waals surface area contributed by atoms with E-state index in [-0.39, 0.29) is 11.8 Å². The van der Waals surface area contributed by atoms with Crippen molar-refractivity contribution >= 4 is 27.2 Å². The summed E-state index contributed by atoms with van der Waals surface area (Å²) in [6.45, 7) is 3.66. The maximum atomic E-state index is 12.5. The smallest absolute Gasteiger partial charge is 0.226 e. The molecule has 1 saturated carbocycles. The van der Waals surface area contributed by atoms with E-state index in [1.165, 1.54) is 0 Å². The quantitative estimate of drug-likeness (QED) is 0.811. The molecule has 2 rings (SSSR count). The molecule has 1 atom stereocenters. The second-order valence-corrected chi connectivity index (χ2v) is 7.30. The number of hydrogen-bond donors (Lipinski definition) is 2. The average Bonchev–Trinajstić information content (AvgIpc) is 3.12. The van der Waals surface area contributed by atoms with Crippen LogP contribution in [0.3, 0.4) is 0 Å². The van der Waals surface area contributed by atoms with Gasteiger partial charge >= 0.3 is 0 Å². The molecule has 0 radical (unpaired) electrons.